The van der Waals surface area contributed by atoms with Gasteiger partial charge in [0.25, 0.3) is 0 Å². The molecule has 13 nitrogen and oxygen atoms in total. The first-order valence-electron chi connectivity index (χ1n) is 19.9. The molecule has 2 aromatic rings. The highest BCUT2D eigenvalue weighted by molar-refractivity contribution is 5.86. The maximum absolute atomic E-state index is 14.0. The zero-order valence-electron chi connectivity index (χ0n) is 33.4. The number of piperazine rings is 1. The molecule has 2 bridgehead atoms. The van der Waals surface area contributed by atoms with Crippen LogP contribution in [0, 0.1) is 34.0 Å². The molecule has 11 atom stereocenters. The SMILES string of the molecule is C=C[C@]1(C)C[C@@H](OC(=O)CN2CC(C)N(C(=O)CCn3cnc4c(N5CCC(N)C5)ncnc43)CC2C)[C@]2(C)[C@H](C)CC[C@]3(CCC(=O)[C@@H]32)[C@@H](C)[C@@H]1O.Cl.Cl. The summed E-state index contributed by atoms with van der Waals surface area (Å²) in [6.45, 7) is 19.8. The third-order valence-corrected chi connectivity index (χ3v) is 14.8. The number of aromatic nitrogens is 4. The van der Waals surface area contributed by atoms with Crippen molar-refractivity contribution in [1.82, 2.24) is 29.3 Å². The van der Waals surface area contributed by atoms with Crippen molar-refractivity contribution in [3.8, 4) is 0 Å². The van der Waals surface area contributed by atoms with Gasteiger partial charge in [0.15, 0.2) is 17.0 Å². The first-order chi connectivity index (χ1) is 25.1. The Bertz CT molecular complexity index is 1760. The summed E-state index contributed by atoms with van der Waals surface area (Å²) >= 11 is 0. The number of nitrogens with two attached hydrogens (primary N) is 1. The number of carbonyl (C=O) groups excluding carboxylic acids is 3. The van der Waals surface area contributed by atoms with Gasteiger partial charge in [0.2, 0.25) is 5.91 Å². The van der Waals surface area contributed by atoms with Gasteiger partial charge in [-0.05, 0) is 63.2 Å². The van der Waals surface area contributed by atoms with E-state index in [4.69, 9.17) is 10.5 Å². The molecule has 55 heavy (non-hydrogen) atoms. The van der Waals surface area contributed by atoms with E-state index in [1.165, 1.54) is 0 Å². The molecule has 3 aliphatic carbocycles. The van der Waals surface area contributed by atoms with Crippen molar-refractivity contribution < 1.29 is 24.2 Å². The first-order valence-corrected chi connectivity index (χ1v) is 19.9. The molecule has 3 unspecified atom stereocenters. The second kappa shape index (κ2) is 16.2. The molecule has 3 N–H and O–H groups in total. The molecule has 3 saturated carbocycles. The van der Waals surface area contributed by atoms with E-state index < -0.39 is 23.0 Å². The lowest BCUT2D eigenvalue weighted by molar-refractivity contribution is -0.207. The minimum absolute atomic E-state index is 0. The zero-order chi connectivity index (χ0) is 38.0. The Balaban J connectivity index is 0.00000290. The number of nitrogens with zero attached hydrogens (tertiary/aromatic N) is 7. The van der Waals surface area contributed by atoms with Gasteiger partial charge in [-0.15, -0.1) is 31.4 Å². The average Bonchev–Trinajstić information content (AvgIpc) is 3.86. The smallest absolute Gasteiger partial charge is 0.320 e. The van der Waals surface area contributed by atoms with E-state index in [0.29, 0.717) is 44.5 Å². The number of rotatable bonds is 8. The second-order valence-corrected chi connectivity index (χ2v) is 17.8. The van der Waals surface area contributed by atoms with Crippen LogP contribution in [0.1, 0.15) is 86.5 Å². The largest absolute Gasteiger partial charge is 0.461 e. The van der Waals surface area contributed by atoms with Crippen LogP contribution in [-0.4, -0.2) is 115 Å². The molecular formula is C40H62Cl2N8O5. The molecule has 7 rings (SSSR count). The number of esters is 1. The number of aliphatic hydroxyl groups excluding tert-OH is 1. The van der Waals surface area contributed by atoms with Gasteiger partial charge in [0.05, 0.1) is 19.0 Å². The van der Waals surface area contributed by atoms with Crippen LogP contribution in [0.25, 0.3) is 11.2 Å². The normalized spacial score (nSPS) is 37.7. The molecule has 5 fully saturated rings. The van der Waals surface area contributed by atoms with Crippen LogP contribution >= 0.6 is 24.8 Å². The number of hydrogen-bond acceptors (Lipinski definition) is 11. The van der Waals surface area contributed by atoms with E-state index in [-0.39, 0.29) is 90.3 Å². The third-order valence-electron chi connectivity index (χ3n) is 14.8. The van der Waals surface area contributed by atoms with E-state index in [1.807, 2.05) is 36.3 Å². The number of ether oxygens (including phenoxy) is 1. The minimum atomic E-state index is -0.702. The van der Waals surface area contributed by atoms with Gasteiger partial charge in [0, 0.05) is 80.4 Å². The van der Waals surface area contributed by atoms with Gasteiger partial charge >= 0.3 is 5.97 Å². The van der Waals surface area contributed by atoms with Gasteiger partial charge < -0.3 is 29.9 Å². The van der Waals surface area contributed by atoms with E-state index >= 15 is 0 Å². The molecule has 0 aromatic carbocycles. The molecule has 2 saturated heterocycles. The fourth-order valence-corrected chi connectivity index (χ4v) is 11.2. The summed E-state index contributed by atoms with van der Waals surface area (Å²) in [6.07, 6.45) is 8.58. The van der Waals surface area contributed by atoms with Gasteiger partial charge in [0.1, 0.15) is 18.2 Å². The van der Waals surface area contributed by atoms with Crippen molar-refractivity contribution in [2.24, 2.45) is 39.7 Å². The fourth-order valence-electron chi connectivity index (χ4n) is 11.2. The molecule has 306 valence electrons. The molecule has 1 amide bonds. The average molecular weight is 806 g/mol. The van der Waals surface area contributed by atoms with Crippen molar-refractivity contribution in [3.63, 3.8) is 0 Å². The van der Waals surface area contributed by atoms with Crippen molar-refractivity contribution in [2.45, 2.75) is 123 Å². The van der Waals surface area contributed by atoms with Crippen LogP contribution in [0.2, 0.25) is 0 Å². The molecule has 0 spiro atoms. The van der Waals surface area contributed by atoms with E-state index in [9.17, 15) is 19.5 Å². The summed E-state index contributed by atoms with van der Waals surface area (Å²) in [4.78, 5) is 61.2. The third kappa shape index (κ3) is 7.30. The van der Waals surface area contributed by atoms with Gasteiger partial charge in [-0.25, -0.2) is 15.0 Å². The summed E-state index contributed by atoms with van der Waals surface area (Å²) in [5, 5.41) is 11.9. The Morgan fingerprint density at radius 1 is 1.05 bits per heavy atom. The van der Waals surface area contributed by atoms with E-state index in [0.717, 1.165) is 50.1 Å². The lowest BCUT2D eigenvalue weighted by atomic mass is 9.44. The highest BCUT2D eigenvalue weighted by Crippen LogP contribution is 2.68. The standard InChI is InChI=1S/C40H60N8O5.2ClH/c1-8-38(6)17-30(39(7)24(2)9-13-40(27(5)35(38)52)14-10-29(49)34(39)40)53-32(51)21-47-18-26(4)48(19-25(47)3)31(50)12-16-46-23-44-33-36(42-22-43-37(33)46)45-15-11-28(41)20-45;;/h8,22-28,30,34-35,52H,1,9-21,41H2,2-7H3;2*1H/t24-,25?,26?,27+,28?,30-,34-,35+,38-,39+,40+;;/m1../s1. The number of fused-ring (bicyclic) bond motifs is 1. The minimum Gasteiger partial charge on any atom is -0.461 e. The lowest BCUT2D eigenvalue weighted by Crippen LogP contribution is -2.63. The van der Waals surface area contributed by atoms with E-state index in [2.05, 4.69) is 52.1 Å². The van der Waals surface area contributed by atoms with Crippen molar-refractivity contribution in [3.05, 3.63) is 25.3 Å². The highest BCUT2D eigenvalue weighted by atomic mass is 35.5. The van der Waals surface area contributed by atoms with Gasteiger partial charge in [-0.2, -0.15) is 0 Å². The molecule has 2 aromatic heterocycles. The predicted molar refractivity (Wildman–Crippen MR) is 216 cm³/mol. The van der Waals surface area contributed by atoms with Crippen LogP contribution in [-0.2, 0) is 25.7 Å². The van der Waals surface area contributed by atoms with Gasteiger partial charge in [-0.3, -0.25) is 19.3 Å². The molecule has 2 aliphatic heterocycles. The van der Waals surface area contributed by atoms with Crippen LogP contribution in [0.4, 0.5) is 5.82 Å². The van der Waals surface area contributed by atoms with Gasteiger partial charge in [-0.1, -0.05) is 33.8 Å². The summed E-state index contributed by atoms with van der Waals surface area (Å²) in [7, 11) is 0. The number of ketones is 1. The Kier molecular flexibility index (Phi) is 12.7. The Labute approximate surface area is 338 Å². The number of hydrogen-bond donors (Lipinski definition) is 2. The number of Topliss-reactive ketones (excluding diaryl/α,β-unsaturated/α-hetero) is 1. The number of amides is 1. The molecule has 15 heteroatoms. The molecule has 0 radical (unpaired) electrons. The lowest BCUT2D eigenvalue weighted by Gasteiger charge is -2.61. The monoisotopic (exact) mass is 804 g/mol. The Morgan fingerprint density at radius 3 is 2.49 bits per heavy atom. The maximum Gasteiger partial charge on any atom is 0.320 e. The fraction of sp³-hybridized carbons (Fsp3) is 0.750. The number of halogens is 2. The van der Waals surface area contributed by atoms with Crippen LogP contribution < -0.4 is 10.6 Å². The molecule has 4 heterocycles. The van der Waals surface area contributed by atoms with Crippen molar-refractivity contribution in [2.75, 3.05) is 37.6 Å². The summed E-state index contributed by atoms with van der Waals surface area (Å²) in [6, 6.07) is -0.0490. The summed E-state index contributed by atoms with van der Waals surface area (Å²) in [5.74, 6) is 0.575. The number of carbonyl (C=O) groups is 3. The highest BCUT2D eigenvalue weighted by Gasteiger charge is 2.68. The number of imidazole rings is 1. The summed E-state index contributed by atoms with van der Waals surface area (Å²) < 4.78 is 8.46. The predicted octanol–water partition coefficient (Wildman–Crippen LogP) is 4.43. The number of aryl methyl sites for hydroxylation is 1. The quantitative estimate of drug-likeness (QED) is 0.287. The summed E-state index contributed by atoms with van der Waals surface area (Å²) in [5.41, 5.74) is 6.00. The Hall–Kier alpha value is -2.84. The second-order valence-electron chi connectivity index (χ2n) is 17.8. The first kappa shape index (κ1) is 43.3. The zero-order valence-corrected chi connectivity index (χ0v) is 35.0. The van der Waals surface area contributed by atoms with Crippen molar-refractivity contribution >= 4 is 59.5 Å². The molecule has 5 aliphatic rings. The van der Waals surface area contributed by atoms with Crippen LogP contribution in [0.3, 0.4) is 0 Å². The number of aliphatic hydroxyl groups is 1. The maximum atomic E-state index is 14.0. The van der Waals surface area contributed by atoms with Crippen LogP contribution in [0.5, 0.6) is 0 Å². The number of anilines is 1. The topological polar surface area (TPSA) is 160 Å². The molecular weight excluding hydrogens is 743 g/mol. The Morgan fingerprint density at radius 2 is 1.80 bits per heavy atom. The van der Waals surface area contributed by atoms with Crippen molar-refractivity contribution in [1.29, 1.82) is 0 Å². The van der Waals surface area contributed by atoms with E-state index in [1.54, 1.807) is 12.7 Å². The van der Waals surface area contributed by atoms with Crippen LogP contribution in [0.15, 0.2) is 25.3 Å².